The van der Waals surface area contributed by atoms with Gasteiger partial charge in [0, 0.05) is 19.2 Å². The second kappa shape index (κ2) is 7.83. The zero-order chi connectivity index (χ0) is 18.5. The van der Waals surface area contributed by atoms with Crippen molar-refractivity contribution in [3.05, 3.63) is 89.1 Å². The summed E-state index contributed by atoms with van der Waals surface area (Å²) in [6, 6.07) is 19.8. The lowest BCUT2D eigenvalue weighted by molar-refractivity contribution is 0.102. The number of aryl methyl sites for hydroxylation is 2. The summed E-state index contributed by atoms with van der Waals surface area (Å²) in [5, 5.41) is 2.85. The Hall–Kier alpha value is -3.14. The van der Waals surface area contributed by atoms with Crippen molar-refractivity contribution in [3.63, 3.8) is 0 Å². The Morgan fingerprint density at radius 2 is 1.77 bits per heavy atom. The van der Waals surface area contributed by atoms with Gasteiger partial charge in [0.25, 0.3) is 5.91 Å². The van der Waals surface area contributed by atoms with E-state index >= 15 is 0 Å². The van der Waals surface area contributed by atoms with Gasteiger partial charge in [0.1, 0.15) is 5.82 Å². The topological polar surface area (TPSA) is 45.2 Å². The molecule has 0 saturated carbocycles. The molecule has 0 saturated heterocycles. The number of carbonyl (C=O) groups is 1. The van der Waals surface area contributed by atoms with Crippen molar-refractivity contribution >= 4 is 17.4 Å². The summed E-state index contributed by atoms with van der Waals surface area (Å²) in [6.07, 6.45) is 1.78. The zero-order valence-electron chi connectivity index (χ0n) is 15.4. The van der Waals surface area contributed by atoms with Gasteiger partial charge in [0.2, 0.25) is 0 Å². The maximum atomic E-state index is 12.4. The molecule has 1 N–H and O–H groups in total. The summed E-state index contributed by atoms with van der Waals surface area (Å²) in [6.45, 7) is 4.84. The molecule has 0 aliphatic heterocycles. The maximum absolute atomic E-state index is 12.4. The number of carbonyl (C=O) groups excluding carboxylic acids is 1. The molecular formula is C22H23N3O. The number of amides is 1. The average Bonchev–Trinajstić information content (AvgIpc) is 2.65. The molecule has 2 aromatic carbocycles. The summed E-state index contributed by atoms with van der Waals surface area (Å²) in [7, 11) is 2.03. The van der Waals surface area contributed by atoms with Crippen molar-refractivity contribution < 1.29 is 4.79 Å². The van der Waals surface area contributed by atoms with Crippen molar-refractivity contribution in [3.8, 4) is 0 Å². The molecule has 0 bridgehead atoms. The highest BCUT2D eigenvalue weighted by molar-refractivity contribution is 6.03. The third-order valence-corrected chi connectivity index (χ3v) is 4.46. The smallest absolute Gasteiger partial charge is 0.256 e. The number of anilines is 2. The molecule has 4 nitrogen and oxygen atoms in total. The molecule has 0 atom stereocenters. The Kier molecular flexibility index (Phi) is 5.32. The second-order valence-corrected chi connectivity index (χ2v) is 6.50. The van der Waals surface area contributed by atoms with E-state index in [-0.39, 0.29) is 5.91 Å². The van der Waals surface area contributed by atoms with E-state index in [1.165, 1.54) is 11.1 Å². The fourth-order valence-electron chi connectivity index (χ4n) is 2.71. The third-order valence-electron chi connectivity index (χ3n) is 4.46. The van der Waals surface area contributed by atoms with Crippen LogP contribution in [0.2, 0.25) is 0 Å². The van der Waals surface area contributed by atoms with Crippen LogP contribution < -0.4 is 10.2 Å². The van der Waals surface area contributed by atoms with E-state index < -0.39 is 0 Å². The van der Waals surface area contributed by atoms with Crippen LogP contribution in [-0.4, -0.2) is 17.9 Å². The van der Waals surface area contributed by atoms with Gasteiger partial charge in [0.05, 0.1) is 11.9 Å². The van der Waals surface area contributed by atoms with Crippen LogP contribution in [-0.2, 0) is 6.54 Å². The van der Waals surface area contributed by atoms with E-state index in [0.29, 0.717) is 11.4 Å². The number of rotatable bonds is 5. The molecule has 26 heavy (non-hydrogen) atoms. The molecule has 0 spiro atoms. The van der Waals surface area contributed by atoms with Crippen molar-refractivity contribution in [1.82, 2.24) is 4.98 Å². The molecule has 0 aliphatic rings. The highest BCUT2D eigenvalue weighted by Gasteiger charge is 2.09. The largest absolute Gasteiger partial charge is 0.369 e. The predicted octanol–water partition coefficient (Wildman–Crippen LogP) is 4.59. The van der Waals surface area contributed by atoms with E-state index in [2.05, 4.69) is 27.3 Å². The summed E-state index contributed by atoms with van der Waals surface area (Å²) < 4.78 is 0. The number of hydrogen-bond donors (Lipinski definition) is 1. The molecule has 1 amide bonds. The van der Waals surface area contributed by atoms with Gasteiger partial charge >= 0.3 is 0 Å². The minimum atomic E-state index is -0.147. The standard InChI is InChI=1S/C22H23N3O/c1-16-9-10-19(13-17(16)2)22(26)24-21-12-11-20(14-23-21)25(3)15-18-7-5-4-6-8-18/h4-14H,15H2,1-3H3,(H,23,24,26). The van der Waals surface area contributed by atoms with E-state index in [0.717, 1.165) is 17.8 Å². The average molecular weight is 345 g/mol. The highest BCUT2D eigenvalue weighted by Crippen LogP contribution is 2.17. The van der Waals surface area contributed by atoms with Gasteiger partial charge in [-0.25, -0.2) is 4.98 Å². The first-order chi connectivity index (χ1) is 12.5. The molecule has 0 fully saturated rings. The lowest BCUT2D eigenvalue weighted by Crippen LogP contribution is -2.17. The Bertz CT molecular complexity index is 889. The molecular weight excluding hydrogens is 322 g/mol. The molecule has 3 rings (SSSR count). The molecule has 1 aromatic heterocycles. The number of nitrogens with zero attached hydrogens (tertiary/aromatic N) is 2. The maximum Gasteiger partial charge on any atom is 0.256 e. The molecule has 0 unspecified atom stereocenters. The van der Waals surface area contributed by atoms with Crippen LogP contribution >= 0.6 is 0 Å². The Morgan fingerprint density at radius 3 is 2.42 bits per heavy atom. The number of hydrogen-bond acceptors (Lipinski definition) is 3. The van der Waals surface area contributed by atoms with Crippen molar-refractivity contribution in [1.29, 1.82) is 0 Å². The molecule has 4 heteroatoms. The van der Waals surface area contributed by atoms with Crippen LogP contribution in [0.25, 0.3) is 0 Å². The normalized spacial score (nSPS) is 10.4. The third kappa shape index (κ3) is 4.28. The van der Waals surface area contributed by atoms with Gasteiger partial charge < -0.3 is 10.2 Å². The number of benzene rings is 2. The number of aromatic nitrogens is 1. The fraction of sp³-hybridized carbons (Fsp3) is 0.182. The number of pyridine rings is 1. The van der Waals surface area contributed by atoms with E-state index in [4.69, 9.17) is 0 Å². The summed E-state index contributed by atoms with van der Waals surface area (Å²) in [4.78, 5) is 18.9. The summed E-state index contributed by atoms with van der Waals surface area (Å²) >= 11 is 0. The number of nitrogens with one attached hydrogen (secondary N) is 1. The fourth-order valence-corrected chi connectivity index (χ4v) is 2.71. The lowest BCUT2D eigenvalue weighted by Gasteiger charge is -2.19. The first-order valence-electron chi connectivity index (χ1n) is 8.62. The van der Waals surface area contributed by atoms with Gasteiger partial charge in [-0.3, -0.25) is 4.79 Å². The van der Waals surface area contributed by atoms with Gasteiger partial charge in [0.15, 0.2) is 0 Å². The Labute approximate surface area is 154 Å². The first-order valence-corrected chi connectivity index (χ1v) is 8.62. The van der Waals surface area contributed by atoms with Crippen LogP contribution in [0.15, 0.2) is 66.9 Å². The molecule has 132 valence electrons. The lowest BCUT2D eigenvalue weighted by atomic mass is 10.1. The van der Waals surface area contributed by atoms with Crippen LogP contribution in [0.5, 0.6) is 0 Å². The Balaban J connectivity index is 1.65. The molecule has 0 radical (unpaired) electrons. The molecule has 3 aromatic rings. The molecule has 0 aliphatic carbocycles. The van der Waals surface area contributed by atoms with E-state index in [1.807, 2.05) is 69.4 Å². The van der Waals surface area contributed by atoms with E-state index in [1.54, 1.807) is 6.20 Å². The SMILES string of the molecule is Cc1ccc(C(=O)Nc2ccc(N(C)Cc3ccccc3)cn2)cc1C. The first kappa shape index (κ1) is 17.7. The van der Waals surface area contributed by atoms with Crippen LogP contribution in [0.3, 0.4) is 0 Å². The van der Waals surface area contributed by atoms with Crippen LogP contribution in [0.1, 0.15) is 27.0 Å². The highest BCUT2D eigenvalue weighted by atomic mass is 16.1. The second-order valence-electron chi connectivity index (χ2n) is 6.50. The molecule has 1 heterocycles. The summed E-state index contributed by atoms with van der Waals surface area (Å²) in [5.74, 6) is 0.399. The van der Waals surface area contributed by atoms with Gasteiger partial charge in [-0.05, 0) is 54.8 Å². The minimum Gasteiger partial charge on any atom is -0.369 e. The van der Waals surface area contributed by atoms with E-state index in [9.17, 15) is 4.79 Å². The van der Waals surface area contributed by atoms with Crippen molar-refractivity contribution in [2.75, 3.05) is 17.3 Å². The Morgan fingerprint density at radius 1 is 1.00 bits per heavy atom. The van der Waals surface area contributed by atoms with Gasteiger partial charge in [-0.15, -0.1) is 0 Å². The van der Waals surface area contributed by atoms with Crippen LogP contribution in [0, 0.1) is 13.8 Å². The van der Waals surface area contributed by atoms with Crippen molar-refractivity contribution in [2.24, 2.45) is 0 Å². The minimum absolute atomic E-state index is 0.147. The quantitative estimate of drug-likeness (QED) is 0.736. The zero-order valence-corrected chi connectivity index (χ0v) is 15.4. The van der Waals surface area contributed by atoms with Crippen LogP contribution in [0.4, 0.5) is 11.5 Å². The monoisotopic (exact) mass is 345 g/mol. The summed E-state index contributed by atoms with van der Waals surface area (Å²) in [5.41, 5.74) is 5.15. The van der Waals surface area contributed by atoms with Gasteiger partial charge in [-0.1, -0.05) is 36.4 Å². The van der Waals surface area contributed by atoms with Crippen molar-refractivity contribution in [2.45, 2.75) is 20.4 Å². The van der Waals surface area contributed by atoms with Gasteiger partial charge in [-0.2, -0.15) is 0 Å². The predicted molar refractivity (Wildman–Crippen MR) is 107 cm³/mol.